The molecule has 5 N–H and O–H groups in total. The van der Waals surface area contributed by atoms with E-state index in [9.17, 15) is 14.4 Å². The lowest BCUT2D eigenvalue weighted by Gasteiger charge is -2.15. The van der Waals surface area contributed by atoms with Gasteiger partial charge in [-0.1, -0.05) is 50.6 Å². The fraction of sp³-hybridized carbons (Fsp3) is 0.550. The molecule has 0 fully saturated rings. The van der Waals surface area contributed by atoms with Gasteiger partial charge in [0.1, 0.15) is 6.04 Å². The monoisotopic (exact) mass is 395 g/mol. The number of carbonyl (C=O) groups is 3. The molecule has 0 bridgehead atoms. The molecule has 1 aromatic rings. The number of hydrogen-bond donors (Lipinski definition) is 3. The first-order valence-electron chi connectivity index (χ1n) is 9.19. The number of benzene rings is 1. The second-order valence-corrected chi connectivity index (χ2v) is 7.48. The number of carbonyl (C=O) groups excluding carboxylic acids is 3. The van der Waals surface area contributed by atoms with Gasteiger partial charge in [0, 0.05) is 19.3 Å². The van der Waals surface area contributed by atoms with Gasteiger partial charge in [0.05, 0.1) is 0 Å². The van der Waals surface area contributed by atoms with Crippen molar-refractivity contribution in [2.24, 2.45) is 17.4 Å². The van der Waals surface area contributed by atoms with Crippen LogP contribution in [0.5, 0.6) is 0 Å². The van der Waals surface area contributed by atoms with Crippen LogP contribution in [-0.4, -0.2) is 35.8 Å². The lowest BCUT2D eigenvalue weighted by molar-refractivity contribution is -0.127. The molecule has 0 radical (unpaired) electrons. The van der Waals surface area contributed by atoms with Crippen molar-refractivity contribution < 1.29 is 14.4 Å². The lowest BCUT2D eigenvalue weighted by Crippen LogP contribution is -2.45. The first-order chi connectivity index (χ1) is 12.8. The molecule has 1 rings (SSSR count). The van der Waals surface area contributed by atoms with E-state index < -0.39 is 11.9 Å². The molecule has 0 aromatic heterocycles. The van der Waals surface area contributed by atoms with E-state index in [1.54, 1.807) is 11.8 Å². The molecule has 0 aliphatic carbocycles. The van der Waals surface area contributed by atoms with E-state index in [0.29, 0.717) is 25.2 Å². The van der Waals surface area contributed by atoms with E-state index in [1.165, 1.54) is 0 Å². The topological polar surface area (TPSA) is 115 Å². The molecule has 152 valence electrons. The highest BCUT2D eigenvalue weighted by Crippen LogP contribution is 2.05. The van der Waals surface area contributed by atoms with Gasteiger partial charge in [0.2, 0.25) is 17.7 Å². The Morgan fingerprint density at radius 1 is 1.15 bits per heavy atom. The summed E-state index contributed by atoms with van der Waals surface area (Å²) in [6, 6.07) is 8.89. The zero-order chi connectivity index (χ0) is 20.7. The Morgan fingerprint density at radius 3 is 2.22 bits per heavy atom. The maximum atomic E-state index is 11.7. The molecule has 0 spiro atoms. The largest absolute Gasteiger partial charge is 0.370 e. The second kappa shape index (κ2) is 15.1. The lowest BCUT2D eigenvalue weighted by atomic mass is 10.1. The minimum atomic E-state index is -0.635. The summed E-state index contributed by atoms with van der Waals surface area (Å²) < 4.78 is 0. The Bertz CT molecular complexity index is 567. The van der Waals surface area contributed by atoms with E-state index in [4.69, 9.17) is 11.5 Å². The average Bonchev–Trinajstić information content (AvgIpc) is 2.62. The van der Waals surface area contributed by atoms with Crippen LogP contribution in [0.25, 0.3) is 0 Å². The number of hydrogen-bond acceptors (Lipinski definition) is 4. The van der Waals surface area contributed by atoms with Gasteiger partial charge in [-0.3, -0.25) is 14.4 Å². The SMILES string of the molecule is CC[C@H](C)CC(N)=O.CSCCCC(=O)NC(Cc1ccccc1)C(N)=O. The summed E-state index contributed by atoms with van der Waals surface area (Å²) in [5.41, 5.74) is 11.2. The van der Waals surface area contributed by atoms with Crippen LogP contribution >= 0.6 is 11.8 Å². The van der Waals surface area contributed by atoms with Crippen molar-refractivity contribution in [3.63, 3.8) is 0 Å². The summed E-state index contributed by atoms with van der Waals surface area (Å²) in [5, 5.41) is 2.70. The highest BCUT2D eigenvalue weighted by atomic mass is 32.2. The van der Waals surface area contributed by atoms with Crippen molar-refractivity contribution in [1.82, 2.24) is 5.32 Å². The molecular formula is C20H33N3O3S. The van der Waals surface area contributed by atoms with Gasteiger partial charge in [-0.05, 0) is 29.9 Å². The Kier molecular flexibility index (Phi) is 14.0. The van der Waals surface area contributed by atoms with Crippen LogP contribution < -0.4 is 16.8 Å². The van der Waals surface area contributed by atoms with Crippen LogP contribution in [0.1, 0.15) is 45.1 Å². The molecule has 0 saturated heterocycles. The normalized spacial score (nSPS) is 12.3. The van der Waals surface area contributed by atoms with Crippen molar-refractivity contribution in [1.29, 1.82) is 0 Å². The van der Waals surface area contributed by atoms with E-state index in [-0.39, 0.29) is 11.8 Å². The predicted octanol–water partition coefficient (Wildman–Crippen LogP) is 2.25. The fourth-order valence-electron chi connectivity index (χ4n) is 2.20. The van der Waals surface area contributed by atoms with E-state index >= 15 is 0 Å². The molecule has 3 amide bonds. The van der Waals surface area contributed by atoms with Gasteiger partial charge >= 0.3 is 0 Å². The number of rotatable bonds is 11. The minimum Gasteiger partial charge on any atom is -0.370 e. The predicted molar refractivity (Wildman–Crippen MR) is 112 cm³/mol. The van der Waals surface area contributed by atoms with E-state index in [2.05, 4.69) is 5.32 Å². The molecule has 0 aliphatic heterocycles. The molecule has 0 heterocycles. The average molecular weight is 396 g/mol. The van der Waals surface area contributed by atoms with E-state index in [1.807, 2.05) is 50.4 Å². The van der Waals surface area contributed by atoms with Gasteiger partial charge < -0.3 is 16.8 Å². The zero-order valence-electron chi connectivity index (χ0n) is 16.6. The molecular weight excluding hydrogens is 362 g/mol. The first kappa shape index (κ1) is 25.0. The van der Waals surface area contributed by atoms with Gasteiger partial charge in [0.25, 0.3) is 0 Å². The summed E-state index contributed by atoms with van der Waals surface area (Å²) in [6.07, 6.45) is 5.23. The Labute approximate surface area is 166 Å². The van der Waals surface area contributed by atoms with Crippen molar-refractivity contribution >= 4 is 29.5 Å². The van der Waals surface area contributed by atoms with Gasteiger partial charge in [-0.25, -0.2) is 0 Å². The first-order valence-corrected chi connectivity index (χ1v) is 10.6. The number of amides is 3. The second-order valence-electron chi connectivity index (χ2n) is 6.49. The van der Waals surface area contributed by atoms with Crippen molar-refractivity contribution in [3.8, 4) is 0 Å². The van der Waals surface area contributed by atoms with Crippen LogP contribution in [0, 0.1) is 5.92 Å². The highest BCUT2D eigenvalue weighted by molar-refractivity contribution is 7.98. The number of thioether (sulfide) groups is 1. The number of primary amides is 2. The zero-order valence-corrected chi connectivity index (χ0v) is 17.4. The van der Waals surface area contributed by atoms with Gasteiger partial charge in [-0.2, -0.15) is 11.8 Å². The van der Waals surface area contributed by atoms with Crippen molar-refractivity contribution in [2.45, 2.75) is 52.0 Å². The fourth-order valence-corrected chi connectivity index (χ4v) is 2.64. The molecule has 1 unspecified atom stereocenters. The molecule has 1 aromatic carbocycles. The van der Waals surface area contributed by atoms with Gasteiger partial charge in [-0.15, -0.1) is 0 Å². The third-order valence-electron chi connectivity index (χ3n) is 3.96. The van der Waals surface area contributed by atoms with Crippen LogP contribution in [0.2, 0.25) is 0 Å². The maximum absolute atomic E-state index is 11.7. The molecule has 2 atom stereocenters. The van der Waals surface area contributed by atoms with Gasteiger partial charge in [0.15, 0.2) is 0 Å². The highest BCUT2D eigenvalue weighted by Gasteiger charge is 2.18. The van der Waals surface area contributed by atoms with Crippen LogP contribution in [-0.2, 0) is 20.8 Å². The number of nitrogens with two attached hydrogens (primary N) is 2. The summed E-state index contributed by atoms with van der Waals surface area (Å²) in [6.45, 7) is 4.07. The quantitative estimate of drug-likeness (QED) is 0.498. The third-order valence-corrected chi connectivity index (χ3v) is 4.66. The molecule has 27 heavy (non-hydrogen) atoms. The summed E-state index contributed by atoms with van der Waals surface area (Å²) in [4.78, 5) is 33.3. The molecule has 0 saturated carbocycles. The van der Waals surface area contributed by atoms with Crippen LogP contribution in [0.3, 0.4) is 0 Å². The third kappa shape index (κ3) is 13.8. The minimum absolute atomic E-state index is 0.117. The Hall–Kier alpha value is -2.02. The maximum Gasteiger partial charge on any atom is 0.240 e. The molecule has 0 aliphatic rings. The Morgan fingerprint density at radius 2 is 1.78 bits per heavy atom. The molecule has 7 heteroatoms. The Balaban J connectivity index is 0.000000713. The van der Waals surface area contributed by atoms with Crippen molar-refractivity contribution in [2.75, 3.05) is 12.0 Å². The number of nitrogens with one attached hydrogen (secondary N) is 1. The standard InChI is InChI=1S/C14H20N2O2S.C6H13NO/c1-19-9-5-8-13(17)16-12(14(15)18)10-11-6-3-2-4-7-11;1-3-5(2)4-6(7)8/h2-4,6-7,12H,5,8-10H2,1H3,(H2,15,18)(H,16,17);5H,3-4H2,1-2H3,(H2,7,8)/t;5-/m.0/s1. The van der Waals surface area contributed by atoms with Crippen LogP contribution in [0.4, 0.5) is 0 Å². The van der Waals surface area contributed by atoms with Crippen molar-refractivity contribution in [3.05, 3.63) is 35.9 Å². The van der Waals surface area contributed by atoms with E-state index in [0.717, 1.165) is 24.2 Å². The summed E-state index contributed by atoms with van der Waals surface area (Å²) in [7, 11) is 0. The summed E-state index contributed by atoms with van der Waals surface area (Å²) >= 11 is 1.70. The smallest absolute Gasteiger partial charge is 0.240 e. The summed E-state index contributed by atoms with van der Waals surface area (Å²) in [5.74, 6) is 0.579. The van der Waals surface area contributed by atoms with Crippen LogP contribution in [0.15, 0.2) is 30.3 Å². The molecule has 6 nitrogen and oxygen atoms in total.